The van der Waals surface area contributed by atoms with Gasteiger partial charge in [-0.2, -0.15) is 0 Å². The Morgan fingerprint density at radius 1 is 0.953 bits per heavy atom. The highest BCUT2D eigenvalue weighted by atomic mass is 32.2. The topological polar surface area (TPSA) is 79.0 Å². The average Bonchev–Trinajstić information content (AvgIpc) is 3.02. The molecule has 7 nitrogen and oxygen atoms in total. The molecule has 5 rings (SSSR count). The molecule has 1 aliphatic heterocycles. The number of sulfonamides is 1. The van der Waals surface area contributed by atoms with E-state index in [2.05, 4.69) is 22.3 Å². The molecule has 230 valence electrons. The van der Waals surface area contributed by atoms with Gasteiger partial charge in [-0.1, -0.05) is 85.3 Å². The Labute approximate surface area is 257 Å². The third kappa shape index (κ3) is 8.54. The van der Waals surface area contributed by atoms with Gasteiger partial charge < -0.3 is 10.1 Å². The highest BCUT2D eigenvalue weighted by Crippen LogP contribution is 2.30. The molecule has 0 bridgehead atoms. The summed E-state index contributed by atoms with van der Waals surface area (Å²) >= 11 is 0. The molecule has 1 saturated carbocycles. The molecule has 1 saturated heterocycles. The van der Waals surface area contributed by atoms with E-state index in [1.54, 1.807) is 31.3 Å². The van der Waals surface area contributed by atoms with Gasteiger partial charge in [0.1, 0.15) is 6.61 Å². The molecule has 3 aromatic rings. The van der Waals surface area contributed by atoms with Crippen LogP contribution in [-0.2, 0) is 26.2 Å². The van der Waals surface area contributed by atoms with E-state index in [1.807, 2.05) is 54.6 Å². The Hall–Kier alpha value is -3.04. The largest absolute Gasteiger partial charge is 0.461 e. The van der Waals surface area contributed by atoms with E-state index in [9.17, 15) is 13.2 Å². The molecule has 0 aromatic heterocycles. The van der Waals surface area contributed by atoms with Gasteiger partial charge in [-0.05, 0) is 73.7 Å². The Balaban J connectivity index is 1.24. The number of hydrogen-bond acceptors (Lipinski definition) is 6. The molecule has 3 aromatic carbocycles. The number of esters is 1. The first-order chi connectivity index (χ1) is 20.9. The number of nitrogens with zero attached hydrogens (tertiary/aromatic N) is 2. The zero-order chi connectivity index (χ0) is 30.1. The number of piperidine rings is 1. The second-order valence-electron chi connectivity index (χ2n) is 12.1. The SMILES string of the molecule is CN(C[C@H](CCN1CCC(C(=O)OCc2ccccc2)C[C@H]1NCC1CCC1)c1ccccc1)S(=O)(=O)c1ccccc1. The van der Waals surface area contributed by atoms with Crippen LogP contribution < -0.4 is 5.32 Å². The quantitative estimate of drug-likeness (QED) is 0.240. The Bertz CT molecular complexity index is 1380. The minimum atomic E-state index is -3.60. The Morgan fingerprint density at radius 3 is 2.26 bits per heavy atom. The van der Waals surface area contributed by atoms with Gasteiger partial charge in [0, 0.05) is 26.7 Å². The van der Waals surface area contributed by atoms with Gasteiger partial charge in [0.05, 0.1) is 17.0 Å². The second kappa shape index (κ2) is 15.1. The molecule has 0 amide bonds. The minimum absolute atomic E-state index is 0.0329. The number of nitrogens with one attached hydrogen (secondary N) is 1. The van der Waals surface area contributed by atoms with E-state index >= 15 is 0 Å². The average molecular weight is 604 g/mol. The summed E-state index contributed by atoms with van der Waals surface area (Å²) in [5.41, 5.74) is 2.13. The number of carbonyl (C=O) groups is 1. The van der Waals surface area contributed by atoms with Gasteiger partial charge in [0.25, 0.3) is 0 Å². The number of rotatable bonds is 14. The van der Waals surface area contributed by atoms with E-state index in [1.165, 1.54) is 23.6 Å². The molecular weight excluding hydrogens is 558 g/mol. The smallest absolute Gasteiger partial charge is 0.309 e. The Morgan fingerprint density at radius 2 is 1.60 bits per heavy atom. The Kier molecular flexibility index (Phi) is 11.0. The highest BCUT2D eigenvalue weighted by molar-refractivity contribution is 7.89. The molecule has 43 heavy (non-hydrogen) atoms. The fraction of sp³-hybridized carbons (Fsp3) is 0.457. The fourth-order valence-electron chi connectivity index (χ4n) is 6.15. The molecule has 2 fully saturated rings. The number of hydrogen-bond donors (Lipinski definition) is 1. The number of carbonyl (C=O) groups excluding carboxylic acids is 1. The van der Waals surface area contributed by atoms with Crippen molar-refractivity contribution in [2.24, 2.45) is 11.8 Å². The van der Waals surface area contributed by atoms with Crippen LogP contribution in [0.3, 0.4) is 0 Å². The summed E-state index contributed by atoms with van der Waals surface area (Å²) in [6.45, 7) is 3.27. The predicted molar refractivity (Wildman–Crippen MR) is 170 cm³/mol. The van der Waals surface area contributed by atoms with Crippen LogP contribution in [0.25, 0.3) is 0 Å². The maximum absolute atomic E-state index is 13.3. The van der Waals surface area contributed by atoms with Crippen LogP contribution in [0.4, 0.5) is 0 Å². The number of ether oxygens (including phenoxy) is 1. The normalized spacial score (nSPS) is 20.4. The van der Waals surface area contributed by atoms with Crippen LogP contribution in [0.5, 0.6) is 0 Å². The van der Waals surface area contributed by atoms with Gasteiger partial charge in [0.2, 0.25) is 10.0 Å². The van der Waals surface area contributed by atoms with Crippen molar-refractivity contribution in [1.29, 1.82) is 0 Å². The van der Waals surface area contributed by atoms with Crippen molar-refractivity contribution in [2.45, 2.75) is 62.1 Å². The van der Waals surface area contributed by atoms with Crippen molar-refractivity contribution < 1.29 is 17.9 Å². The van der Waals surface area contributed by atoms with Crippen molar-refractivity contribution in [2.75, 3.05) is 33.2 Å². The summed E-state index contributed by atoms with van der Waals surface area (Å²) in [6.07, 6.45) is 6.20. The van der Waals surface area contributed by atoms with E-state index < -0.39 is 10.0 Å². The molecule has 8 heteroatoms. The predicted octanol–water partition coefficient (Wildman–Crippen LogP) is 5.65. The maximum atomic E-state index is 13.3. The molecule has 1 unspecified atom stereocenters. The summed E-state index contributed by atoms with van der Waals surface area (Å²) in [7, 11) is -1.92. The zero-order valence-corrected chi connectivity index (χ0v) is 26.0. The van der Waals surface area contributed by atoms with Crippen molar-refractivity contribution in [1.82, 2.24) is 14.5 Å². The molecular formula is C35H45N3O4S. The number of likely N-dealkylation sites (tertiary alicyclic amines) is 1. The zero-order valence-electron chi connectivity index (χ0n) is 25.2. The van der Waals surface area contributed by atoms with Crippen molar-refractivity contribution in [3.8, 4) is 0 Å². The van der Waals surface area contributed by atoms with Gasteiger partial charge in [0.15, 0.2) is 0 Å². The molecule has 0 spiro atoms. The fourth-order valence-corrected chi connectivity index (χ4v) is 7.38. The first kappa shape index (κ1) is 31.4. The summed E-state index contributed by atoms with van der Waals surface area (Å²) in [5.74, 6) is 0.492. The van der Waals surface area contributed by atoms with Crippen LogP contribution in [0.1, 0.15) is 55.6 Å². The number of benzene rings is 3. The second-order valence-corrected chi connectivity index (χ2v) is 14.1. The third-order valence-corrected chi connectivity index (χ3v) is 10.9. The third-order valence-electron chi connectivity index (χ3n) is 9.10. The first-order valence-corrected chi connectivity index (χ1v) is 17.1. The number of likely N-dealkylation sites (N-methyl/N-ethyl adjacent to an activating group) is 1. The van der Waals surface area contributed by atoms with E-state index in [0.717, 1.165) is 50.0 Å². The van der Waals surface area contributed by atoms with E-state index in [0.29, 0.717) is 24.0 Å². The van der Waals surface area contributed by atoms with E-state index in [-0.39, 0.29) is 24.0 Å². The van der Waals surface area contributed by atoms with Crippen molar-refractivity contribution in [3.63, 3.8) is 0 Å². The van der Waals surface area contributed by atoms with Gasteiger partial charge in [-0.15, -0.1) is 0 Å². The van der Waals surface area contributed by atoms with Gasteiger partial charge >= 0.3 is 5.97 Å². The summed E-state index contributed by atoms with van der Waals surface area (Å²) in [5, 5.41) is 3.79. The lowest BCUT2D eigenvalue weighted by atomic mass is 9.85. The van der Waals surface area contributed by atoms with Crippen LogP contribution in [0.15, 0.2) is 95.9 Å². The van der Waals surface area contributed by atoms with Crippen LogP contribution in [-0.4, -0.2) is 63.0 Å². The lowest BCUT2D eigenvalue weighted by Gasteiger charge is -2.41. The first-order valence-electron chi connectivity index (χ1n) is 15.6. The lowest BCUT2D eigenvalue weighted by molar-refractivity contribution is -0.152. The lowest BCUT2D eigenvalue weighted by Crippen LogP contribution is -2.53. The summed E-state index contributed by atoms with van der Waals surface area (Å²) in [4.78, 5) is 15.9. The summed E-state index contributed by atoms with van der Waals surface area (Å²) in [6, 6.07) is 28.7. The monoisotopic (exact) mass is 603 g/mol. The van der Waals surface area contributed by atoms with Crippen molar-refractivity contribution in [3.05, 3.63) is 102 Å². The van der Waals surface area contributed by atoms with Crippen LogP contribution >= 0.6 is 0 Å². The molecule has 1 N–H and O–H groups in total. The summed E-state index contributed by atoms with van der Waals surface area (Å²) < 4.78 is 33.9. The van der Waals surface area contributed by atoms with E-state index in [4.69, 9.17) is 4.74 Å². The molecule has 2 aliphatic rings. The molecule has 3 atom stereocenters. The molecule has 1 aliphatic carbocycles. The highest BCUT2D eigenvalue weighted by Gasteiger charge is 2.34. The van der Waals surface area contributed by atoms with Gasteiger partial charge in [-0.3, -0.25) is 9.69 Å². The minimum Gasteiger partial charge on any atom is -0.461 e. The standard InChI is InChI=1S/C35H45N3O4S/c1-37(43(40,41)33-18-9-4-10-19-33)26-32(30-16-7-3-8-17-30)21-23-38-22-20-31(24-34(38)36-25-28-14-11-15-28)35(39)42-27-29-12-5-2-6-13-29/h2-10,12-13,16-19,28,31-32,34,36H,11,14-15,20-27H2,1H3/t31?,32-,34-/m0/s1. The van der Waals surface area contributed by atoms with Crippen molar-refractivity contribution >= 4 is 16.0 Å². The maximum Gasteiger partial charge on any atom is 0.309 e. The van der Waals surface area contributed by atoms with Crippen LogP contribution in [0, 0.1) is 11.8 Å². The van der Waals surface area contributed by atoms with Gasteiger partial charge in [-0.25, -0.2) is 12.7 Å². The molecule has 0 radical (unpaired) electrons. The van der Waals surface area contributed by atoms with Crippen LogP contribution in [0.2, 0.25) is 0 Å². The molecule has 1 heterocycles.